The molecule has 1 aliphatic rings. The average molecular weight is 315 g/mol. The molecule has 0 bridgehead atoms. The maximum Gasteiger partial charge on any atom is 0.410 e. The first-order chi connectivity index (χ1) is 10.8. The lowest BCUT2D eigenvalue weighted by atomic mass is 10.1. The molecule has 0 radical (unpaired) electrons. The zero-order valence-electron chi connectivity index (χ0n) is 13.7. The number of benzene rings is 1. The number of hydrogen-bond donors (Lipinski definition) is 0. The summed E-state index contributed by atoms with van der Waals surface area (Å²) in [4.78, 5) is 27.4. The highest BCUT2D eigenvalue weighted by Gasteiger charge is 2.30. The van der Waals surface area contributed by atoms with Crippen LogP contribution in [0.2, 0.25) is 0 Å². The van der Waals surface area contributed by atoms with Crippen molar-refractivity contribution in [2.45, 2.75) is 32.9 Å². The summed E-state index contributed by atoms with van der Waals surface area (Å²) in [5, 5.41) is 8.79. The summed E-state index contributed by atoms with van der Waals surface area (Å²) < 4.78 is 5.29. The van der Waals surface area contributed by atoms with Crippen molar-refractivity contribution >= 4 is 12.0 Å². The molecule has 2 amide bonds. The molecule has 0 aromatic heterocycles. The van der Waals surface area contributed by atoms with E-state index in [1.165, 1.54) is 4.90 Å². The van der Waals surface area contributed by atoms with Gasteiger partial charge in [0.05, 0.1) is 11.6 Å². The summed E-state index contributed by atoms with van der Waals surface area (Å²) in [6, 6.07) is 9.21. The van der Waals surface area contributed by atoms with Gasteiger partial charge in [-0.3, -0.25) is 9.69 Å². The molecule has 1 aromatic rings. The van der Waals surface area contributed by atoms with Gasteiger partial charge in [0.1, 0.15) is 12.1 Å². The first-order valence-corrected chi connectivity index (χ1v) is 7.53. The van der Waals surface area contributed by atoms with Crippen molar-refractivity contribution in [3.05, 3.63) is 35.4 Å². The van der Waals surface area contributed by atoms with E-state index in [9.17, 15) is 9.59 Å². The number of hydrogen-bond acceptors (Lipinski definition) is 4. The second-order valence-electron chi connectivity index (χ2n) is 6.53. The highest BCUT2D eigenvalue weighted by Crippen LogP contribution is 2.14. The third kappa shape index (κ3) is 4.71. The van der Waals surface area contributed by atoms with E-state index >= 15 is 0 Å². The number of rotatable bonds is 2. The van der Waals surface area contributed by atoms with Crippen molar-refractivity contribution in [2.24, 2.45) is 0 Å². The summed E-state index contributed by atoms with van der Waals surface area (Å²) in [7, 11) is 0. The van der Waals surface area contributed by atoms with E-state index in [-0.39, 0.29) is 12.5 Å². The third-order valence-corrected chi connectivity index (χ3v) is 3.43. The Morgan fingerprint density at radius 1 is 1.26 bits per heavy atom. The summed E-state index contributed by atoms with van der Waals surface area (Å²) in [6.45, 7) is 6.84. The van der Waals surface area contributed by atoms with E-state index in [1.807, 2.05) is 12.1 Å². The molecule has 1 aromatic carbocycles. The maximum atomic E-state index is 12.2. The molecule has 0 aliphatic carbocycles. The van der Waals surface area contributed by atoms with Crippen molar-refractivity contribution in [1.29, 1.82) is 5.26 Å². The smallest absolute Gasteiger partial charge is 0.410 e. The molecular formula is C17H21N3O3. The molecule has 6 nitrogen and oxygen atoms in total. The lowest BCUT2D eigenvalue weighted by Gasteiger charge is -2.35. The largest absolute Gasteiger partial charge is 0.444 e. The molecule has 6 heteroatoms. The monoisotopic (exact) mass is 315 g/mol. The van der Waals surface area contributed by atoms with Crippen LogP contribution in [0.25, 0.3) is 0 Å². The van der Waals surface area contributed by atoms with E-state index in [0.717, 1.165) is 5.56 Å². The molecular weight excluding hydrogens is 294 g/mol. The Morgan fingerprint density at radius 3 is 2.43 bits per heavy atom. The van der Waals surface area contributed by atoms with Crippen molar-refractivity contribution in [1.82, 2.24) is 9.80 Å². The summed E-state index contributed by atoms with van der Waals surface area (Å²) in [6.07, 6.45) is -0.455. The Bertz CT molecular complexity index is 626. The van der Waals surface area contributed by atoms with Crippen LogP contribution in [0.4, 0.5) is 4.79 Å². The number of carbonyl (C=O) groups is 2. The van der Waals surface area contributed by atoms with Gasteiger partial charge in [-0.2, -0.15) is 5.26 Å². The Morgan fingerprint density at radius 2 is 1.91 bits per heavy atom. The highest BCUT2D eigenvalue weighted by molar-refractivity contribution is 5.83. The summed E-state index contributed by atoms with van der Waals surface area (Å²) >= 11 is 0. The summed E-state index contributed by atoms with van der Waals surface area (Å²) in [5.74, 6) is -0.105. The topological polar surface area (TPSA) is 73.6 Å². The lowest BCUT2D eigenvalue weighted by molar-refractivity contribution is -0.136. The maximum absolute atomic E-state index is 12.2. The van der Waals surface area contributed by atoms with Crippen LogP contribution < -0.4 is 0 Å². The minimum Gasteiger partial charge on any atom is -0.444 e. The van der Waals surface area contributed by atoms with Gasteiger partial charge >= 0.3 is 6.09 Å². The SMILES string of the molecule is CC(C)(C)OC(=O)N1CCN(Cc2ccc(C#N)cc2)C(=O)C1. The van der Waals surface area contributed by atoms with Crippen LogP contribution in [0.5, 0.6) is 0 Å². The van der Waals surface area contributed by atoms with Gasteiger partial charge in [0, 0.05) is 19.6 Å². The fraction of sp³-hybridized carbons (Fsp3) is 0.471. The van der Waals surface area contributed by atoms with E-state index in [1.54, 1.807) is 37.8 Å². The second kappa shape index (κ2) is 6.69. The summed E-state index contributed by atoms with van der Waals surface area (Å²) in [5.41, 5.74) is 0.984. The molecule has 2 rings (SSSR count). The number of piperazine rings is 1. The minimum atomic E-state index is -0.570. The number of nitrogens with zero attached hydrogens (tertiary/aromatic N) is 3. The lowest BCUT2D eigenvalue weighted by Crippen LogP contribution is -2.52. The molecule has 122 valence electrons. The first kappa shape index (κ1) is 16.8. The fourth-order valence-corrected chi connectivity index (χ4v) is 2.26. The Kier molecular flexibility index (Phi) is 4.89. The van der Waals surface area contributed by atoms with Gasteiger partial charge in [0.2, 0.25) is 5.91 Å². The van der Waals surface area contributed by atoms with Gasteiger partial charge in [-0.1, -0.05) is 12.1 Å². The van der Waals surface area contributed by atoms with Gasteiger partial charge in [0.25, 0.3) is 0 Å². The van der Waals surface area contributed by atoms with E-state index in [4.69, 9.17) is 10.00 Å². The van der Waals surface area contributed by atoms with E-state index < -0.39 is 11.7 Å². The highest BCUT2D eigenvalue weighted by atomic mass is 16.6. The Labute approximate surface area is 136 Å². The van der Waals surface area contributed by atoms with Gasteiger partial charge in [-0.15, -0.1) is 0 Å². The van der Waals surface area contributed by atoms with Crippen LogP contribution in [0.15, 0.2) is 24.3 Å². The predicted molar refractivity (Wildman–Crippen MR) is 84.4 cm³/mol. The molecule has 1 heterocycles. The fourth-order valence-electron chi connectivity index (χ4n) is 2.26. The third-order valence-electron chi connectivity index (χ3n) is 3.43. The standard InChI is InChI=1S/C17H21N3O3/c1-17(2,3)23-16(22)20-9-8-19(15(21)12-20)11-14-6-4-13(10-18)5-7-14/h4-7H,8-9,11-12H2,1-3H3. The van der Waals surface area contributed by atoms with E-state index in [0.29, 0.717) is 25.2 Å². The quantitative estimate of drug-likeness (QED) is 0.838. The Hall–Kier alpha value is -2.55. The molecule has 0 saturated carbocycles. The molecule has 1 saturated heterocycles. The van der Waals surface area contributed by atoms with Crippen LogP contribution in [-0.2, 0) is 16.1 Å². The normalized spacial score (nSPS) is 15.3. The average Bonchev–Trinajstić information content (AvgIpc) is 2.48. The zero-order chi connectivity index (χ0) is 17.0. The molecule has 1 fully saturated rings. The van der Waals surface area contributed by atoms with Crippen molar-refractivity contribution in [3.8, 4) is 6.07 Å². The molecule has 23 heavy (non-hydrogen) atoms. The Balaban J connectivity index is 1.92. The van der Waals surface area contributed by atoms with Gasteiger partial charge in [-0.25, -0.2) is 4.79 Å². The molecule has 0 atom stereocenters. The van der Waals surface area contributed by atoms with Crippen LogP contribution in [0, 0.1) is 11.3 Å². The first-order valence-electron chi connectivity index (χ1n) is 7.53. The molecule has 0 spiro atoms. The number of carbonyl (C=O) groups excluding carboxylic acids is 2. The molecule has 0 N–H and O–H groups in total. The minimum absolute atomic E-state index is 0.0329. The van der Waals surface area contributed by atoms with Crippen molar-refractivity contribution < 1.29 is 14.3 Å². The van der Waals surface area contributed by atoms with E-state index in [2.05, 4.69) is 6.07 Å². The number of nitriles is 1. The van der Waals surface area contributed by atoms with Crippen LogP contribution in [0.1, 0.15) is 31.9 Å². The number of amides is 2. The van der Waals surface area contributed by atoms with Crippen molar-refractivity contribution in [3.63, 3.8) is 0 Å². The van der Waals surface area contributed by atoms with Crippen LogP contribution >= 0.6 is 0 Å². The molecule has 1 aliphatic heterocycles. The van der Waals surface area contributed by atoms with Gasteiger partial charge in [0.15, 0.2) is 0 Å². The van der Waals surface area contributed by atoms with Gasteiger partial charge in [-0.05, 0) is 38.5 Å². The molecule has 0 unspecified atom stereocenters. The van der Waals surface area contributed by atoms with Crippen molar-refractivity contribution in [2.75, 3.05) is 19.6 Å². The van der Waals surface area contributed by atoms with Crippen LogP contribution in [0.3, 0.4) is 0 Å². The zero-order valence-corrected chi connectivity index (χ0v) is 13.7. The second-order valence-corrected chi connectivity index (χ2v) is 6.53. The van der Waals surface area contributed by atoms with Crippen LogP contribution in [-0.4, -0.2) is 47.0 Å². The number of ether oxygens (including phenoxy) is 1. The van der Waals surface area contributed by atoms with Gasteiger partial charge < -0.3 is 9.64 Å². The predicted octanol–water partition coefficient (Wildman–Crippen LogP) is 2.14.